The molecule has 0 bridgehead atoms. The van der Waals surface area contributed by atoms with Crippen molar-refractivity contribution in [3.8, 4) is 0 Å². The Balaban J connectivity index is 1.67. The van der Waals surface area contributed by atoms with Crippen LogP contribution in [-0.2, 0) is 26.3 Å². The normalized spacial score (nSPS) is 16.8. The molecule has 0 saturated heterocycles. The molecule has 1 aliphatic carbocycles. The first-order chi connectivity index (χ1) is 8.72. The Kier molecular flexibility index (Phi) is 2.88. The number of hydrogen-bond acceptors (Lipinski definition) is 3. The van der Waals surface area contributed by atoms with E-state index in [1.54, 1.807) is 4.68 Å². The number of rotatable bonds is 3. The van der Waals surface area contributed by atoms with E-state index in [1.165, 1.54) is 11.1 Å². The molecular weight excluding hydrogens is 224 g/mol. The molecule has 0 spiro atoms. The zero-order valence-electron chi connectivity index (χ0n) is 10.6. The second kappa shape index (κ2) is 4.53. The highest BCUT2D eigenvalue weighted by Gasteiger charge is 2.26. The van der Waals surface area contributed by atoms with E-state index < -0.39 is 0 Å². The van der Waals surface area contributed by atoms with E-state index in [0.29, 0.717) is 5.92 Å². The van der Waals surface area contributed by atoms with Gasteiger partial charge < -0.3 is 5.73 Å². The Hall–Kier alpha value is -1.68. The third kappa shape index (κ3) is 2.16. The van der Waals surface area contributed by atoms with Gasteiger partial charge in [0.25, 0.3) is 0 Å². The Morgan fingerprint density at radius 2 is 2.00 bits per heavy atom. The fourth-order valence-electron chi connectivity index (χ4n) is 2.79. The molecule has 1 aromatic carbocycles. The van der Waals surface area contributed by atoms with Crippen LogP contribution < -0.4 is 5.73 Å². The molecule has 1 heterocycles. The lowest BCUT2D eigenvalue weighted by atomic mass is 9.94. The summed E-state index contributed by atoms with van der Waals surface area (Å²) in [7, 11) is 1.88. The maximum absolute atomic E-state index is 6.32. The SMILES string of the molecule is Cn1cc(CC(N)C2Cc3ccccc3C2)nn1. The van der Waals surface area contributed by atoms with Gasteiger partial charge in [0.1, 0.15) is 0 Å². The topological polar surface area (TPSA) is 56.7 Å². The number of benzene rings is 1. The summed E-state index contributed by atoms with van der Waals surface area (Å²) < 4.78 is 1.73. The van der Waals surface area contributed by atoms with Gasteiger partial charge in [0, 0.05) is 25.7 Å². The van der Waals surface area contributed by atoms with Gasteiger partial charge in [-0.15, -0.1) is 5.10 Å². The van der Waals surface area contributed by atoms with Crippen LogP contribution in [0.2, 0.25) is 0 Å². The number of fused-ring (bicyclic) bond motifs is 1. The molecule has 0 saturated carbocycles. The molecule has 94 valence electrons. The number of aromatic nitrogens is 3. The van der Waals surface area contributed by atoms with Crippen molar-refractivity contribution >= 4 is 0 Å². The van der Waals surface area contributed by atoms with Crippen molar-refractivity contribution < 1.29 is 0 Å². The molecule has 2 N–H and O–H groups in total. The summed E-state index contributed by atoms with van der Waals surface area (Å²) in [5.74, 6) is 0.532. The van der Waals surface area contributed by atoms with Crippen molar-refractivity contribution in [2.45, 2.75) is 25.3 Å². The van der Waals surface area contributed by atoms with Crippen molar-refractivity contribution in [2.24, 2.45) is 18.7 Å². The van der Waals surface area contributed by atoms with E-state index in [1.807, 2.05) is 13.2 Å². The van der Waals surface area contributed by atoms with Crippen LogP contribution in [0.25, 0.3) is 0 Å². The molecule has 1 unspecified atom stereocenters. The molecule has 2 aromatic rings. The second-order valence-electron chi connectivity index (χ2n) is 5.19. The molecule has 0 fully saturated rings. The largest absolute Gasteiger partial charge is 0.327 e. The molecule has 4 nitrogen and oxygen atoms in total. The molecular formula is C14H18N4. The van der Waals surface area contributed by atoms with Crippen molar-refractivity contribution in [3.05, 3.63) is 47.3 Å². The van der Waals surface area contributed by atoms with Crippen LogP contribution in [0.3, 0.4) is 0 Å². The zero-order valence-corrected chi connectivity index (χ0v) is 10.6. The van der Waals surface area contributed by atoms with Gasteiger partial charge in [-0.25, -0.2) is 0 Å². The lowest BCUT2D eigenvalue weighted by Crippen LogP contribution is -2.32. The quantitative estimate of drug-likeness (QED) is 0.877. The molecule has 0 aliphatic heterocycles. The summed E-state index contributed by atoms with van der Waals surface area (Å²) in [5.41, 5.74) is 10.2. The van der Waals surface area contributed by atoms with Crippen molar-refractivity contribution in [3.63, 3.8) is 0 Å². The predicted octanol–water partition coefficient (Wildman–Crippen LogP) is 1.10. The predicted molar refractivity (Wildman–Crippen MR) is 70.0 cm³/mol. The molecule has 3 rings (SSSR count). The third-order valence-corrected chi connectivity index (χ3v) is 3.78. The van der Waals surface area contributed by atoms with E-state index in [2.05, 4.69) is 34.6 Å². The highest BCUT2D eigenvalue weighted by molar-refractivity contribution is 5.32. The molecule has 0 radical (unpaired) electrons. The van der Waals surface area contributed by atoms with E-state index in [4.69, 9.17) is 5.73 Å². The first-order valence-corrected chi connectivity index (χ1v) is 6.40. The van der Waals surface area contributed by atoms with E-state index >= 15 is 0 Å². The average molecular weight is 242 g/mol. The fraction of sp³-hybridized carbons (Fsp3) is 0.429. The minimum Gasteiger partial charge on any atom is -0.327 e. The highest BCUT2D eigenvalue weighted by atomic mass is 15.4. The molecule has 1 aliphatic rings. The maximum atomic E-state index is 6.32. The second-order valence-corrected chi connectivity index (χ2v) is 5.19. The van der Waals surface area contributed by atoms with Gasteiger partial charge >= 0.3 is 0 Å². The molecule has 4 heteroatoms. The van der Waals surface area contributed by atoms with Gasteiger partial charge in [-0.3, -0.25) is 4.68 Å². The van der Waals surface area contributed by atoms with Crippen LogP contribution in [0.4, 0.5) is 0 Å². The Bertz CT molecular complexity index is 521. The lowest BCUT2D eigenvalue weighted by molar-refractivity contribution is 0.434. The minimum absolute atomic E-state index is 0.161. The number of nitrogens with zero attached hydrogens (tertiary/aromatic N) is 3. The third-order valence-electron chi connectivity index (χ3n) is 3.78. The number of nitrogens with two attached hydrogens (primary N) is 1. The van der Waals surface area contributed by atoms with Crippen LogP contribution >= 0.6 is 0 Å². The van der Waals surface area contributed by atoms with Crippen molar-refractivity contribution in [1.82, 2.24) is 15.0 Å². The van der Waals surface area contributed by atoms with E-state index in [0.717, 1.165) is 25.0 Å². The van der Waals surface area contributed by atoms with Gasteiger partial charge in [0.05, 0.1) is 5.69 Å². The average Bonchev–Trinajstić information content (AvgIpc) is 2.95. The van der Waals surface area contributed by atoms with Crippen molar-refractivity contribution in [1.29, 1.82) is 0 Å². The van der Waals surface area contributed by atoms with Crippen LogP contribution in [0.1, 0.15) is 16.8 Å². The van der Waals surface area contributed by atoms with Gasteiger partial charge in [-0.05, 0) is 29.9 Å². The van der Waals surface area contributed by atoms with Gasteiger partial charge in [0.2, 0.25) is 0 Å². The van der Waals surface area contributed by atoms with Gasteiger partial charge in [0.15, 0.2) is 0 Å². The summed E-state index contributed by atoms with van der Waals surface area (Å²) in [5, 5.41) is 8.06. The summed E-state index contributed by atoms with van der Waals surface area (Å²) in [6.07, 6.45) is 4.95. The molecule has 18 heavy (non-hydrogen) atoms. The highest BCUT2D eigenvalue weighted by Crippen LogP contribution is 2.28. The Morgan fingerprint density at radius 3 is 2.56 bits per heavy atom. The zero-order chi connectivity index (χ0) is 12.5. The monoisotopic (exact) mass is 242 g/mol. The van der Waals surface area contributed by atoms with Gasteiger partial charge in [-0.1, -0.05) is 29.5 Å². The van der Waals surface area contributed by atoms with Crippen LogP contribution in [-0.4, -0.2) is 21.0 Å². The molecule has 1 atom stereocenters. The van der Waals surface area contributed by atoms with Crippen LogP contribution in [0, 0.1) is 5.92 Å². The molecule has 1 aromatic heterocycles. The summed E-state index contributed by atoms with van der Waals surface area (Å²) in [6.45, 7) is 0. The first-order valence-electron chi connectivity index (χ1n) is 6.40. The Labute approximate surface area is 107 Å². The van der Waals surface area contributed by atoms with Crippen LogP contribution in [0.15, 0.2) is 30.5 Å². The summed E-state index contributed by atoms with van der Waals surface area (Å²) >= 11 is 0. The van der Waals surface area contributed by atoms with E-state index in [-0.39, 0.29) is 6.04 Å². The van der Waals surface area contributed by atoms with Crippen molar-refractivity contribution in [2.75, 3.05) is 0 Å². The minimum atomic E-state index is 0.161. The van der Waals surface area contributed by atoms with Crippen LogP contribution in [0.5, 0.6) is 0 Å². The van der Waals surface area contributed by atoms with E-state index in [9.17, 15) is 0 Å². The maximum Gasteiger partial charge on any atom is 0.0842 e. The summed E-state index contributed by atoms with van der Waals surface area (Å²) in [6, 6.07) is 8.80. The van der Waals surface area contributed by atoms with Gasteiger partial charge in [-0.2, -0.15) is 0 Å². The number of hydrogen-bond donors (Lipinski definition) is 1. The number of aryl methyl sites for hydroxylation is 1. The smallest absolute Gasteiger partial charge is 0.0842 e. The first kappa shape index (κ1) is 11.4. The lowest BCUT2D eigenvalue weighted by Gasteiger charge is -2.17. The fourth-order valence-corrected chi connectivity index (χ4v) is 2.79. The summed E-state index contributed by atoms with van der Waals surface area (Å²) in [4.78, 5) is 0. The molecule has 0 amide bonds. The standard InChI is InChI=1S/C14H18N4/c1-18-9-13(16-17-18)8-14(15)12-6-10-4-2-3-5-11(10)7-12/h2-5,9,12,14H,6-8,15H2,1H3. The Morgan fingerprint density at radius 1 is 1.33 bits per heavy atom.